The Bertz CT molecular complexity index is 2410. The molecule has 0 saturated carbocycles. The van der Waals surface area contributed by atoms with Gasteiger partial charge >= 0.3 is 11.9 Å². The Morgan fingerprint density at radius 2 is 0.912 bits per heavy atom. The minimum Gasteiger partial charge on any atom is -0.508 e. The Balaban J connectivity index is 2.41. The summed E-state index contributed by atoms with van der Waals surface area (Å²) in [5.41, 5.74) is 22.8. The van der Waals surface area contributed by atoms with E-state index in [4.69, 9.17) is 22.9 Å². The third-order valence-corrected chi connectivity index (χ3v) is 12.4. The number of nitrogens with two attached hydrogens (primary N) is 4. The highest BCUT2D eigenvalue weighted by atomic mass is 16.4. The second kappa shape index (κ2) is 35.3. The molecule has 0 unspecified atom stereocenters. The molecule has 0 aliphatic heterocycles. The van der Waals surface area contributed by atoms with Crippen LogP contribution in [0.4, 0.5) is 0 Å². The summed E-state index contributed by atoms with van der Waals surface area (Å²) in [4.78, 5) is 137. The average Bonchev–Trinajstić information content (AvgIpc) is 3.42. The number of unbranched alkanes of at least 4 members (excludes halogenated alkanes) is 1. The lowest BCUT2D eigenvalue weighted by atomic mass is 9.97. The molecule has 0 aliphatic rings. The van der Waals surface area contributed by atoms with E-state index in [1.165, 1.54) is 48.5 Å². The average molecular weight is 1130 g/mol. The van der Waals surface area contributed by atoms with Gasteiger partial charge in [-0.05, 0) is 86.4 Å². The van der Waals surface area contributed by atoms with Crippen molar-refractivity contribution in [1.29, 1.82) is 0 Å². The van der Waals surface area contributed by atoms with Crippen molar-refractivity contribution in [3.63, 3.8) is 0 Å². The van der Waals surface area contributed by atoms with E-state index in [0.717, 1.165) is 0 Å². The Morgan fingerprint density at radius 1 is 0.512 bits per heavy atom. The highest BCUT2D eigenvalue weighted by Crippen LogP contribution is 2.15. The molecular weight excluding hydrogens is 1050 g/mol. The fraction of sp³-hybridized carbons (Fsp3) is 0.540. The summed E-state index contributed by atoms with van der Waals surface area (Å²) in [6.45, 7) is 0.479. The zero-order valence-electron chi connectivity index (χ0n) is 44.5. The number of nitrogens with one attached hydrogen (secondary N) is 8. The molecule has 0 aromatic heterocycles. The van der Waals surface area contributed by atoms with E-state index in [2.05, 4.69) is 47.5 Å². The van der Waals surface area contributed by atoms with E-state index in [1.54, 1.807) is 13.8 Å². The molecule has 0 fully saturated rings. The minimum atomic E-state index is -1.93. The van der Waals surface area contributed by atoms with Gasteiger partial charge in [-0.25, -0.2) is 4.79 Å². The van der Waals surface area contributed by atoms with Crippen LogP contribution in [0.1, 0.15) is 76.3 Å². The number of carbonyl (C=O) groups is 10. The first-order valence-electron chi connectivity index (χ1n) is 25.6. The van der Waals surface area contributed by atoms with Crippen molar-refractivity contribution in [3.8, 4) is 11.5 Å². The number of aliphatic imine (C=N–C) groups is 1. The van der Waals surface area contributed by atoms with Crippen molar-refractivity contribution in [1.82, 2.24) is 42.5 Å². The molecule has 10 atom stereocenters. The highest BCUT2D eigenvalue weighted by molar-refractivity contribution is 5.98. The van der Waals surface area contributed by atoms with Crippen molar-refractivity contribution < 1.29 is 83.7 Å². The second-order valence-electron chi connectivity index (χ2n) is 18.7. The first-order valence-corrected chi connectivity index (χ1v) is 25.6. The first kappa shape index (κ1) is 67.9. The van der Waals surface area contributed by atoms with E-state index in [1.807, 2.05) is 0 Å². The number of aliphatic carboxylic acids is 2. The number of guanidine groups is 1. The van der Waals surface area contributed by atoms with Gasteiger partial charge in [0.15, 0.2) is 5.96 Å². The van der Waals surface area contributed by atoms with Crippen LogP contribution in [0.2, 0.25) is 0 Å². The van der Waals surface area contributed by atoms with Crippen LogP contribution in [-0.4, -0.2) is 188 Å². The molecule has 8 amide bonds. The molecule has 2 rings (SSSR count). The molecule has 444 valence electrons. The van der Waals surface area contributed by atoms with E-state index in [-0.39, 0.29) is 75.5 Å². The van der Waals surface area contributed by atoms with E-state index >= 15 is 0 Å². The quantitative estimate of drug-likeness (QED) is 0.0170. The van der Waals surface area contributed by atoms with Crippen LogP contribution < -0.4 is 65.5 Å². The standard InChI is InChI=1S/C50H77N13O17/c1-3-26(2)40(48(78)60-36(49(79)80)22-28-11-15-30(68)16-12-28)63-47(77)38(25-66)62-45(75)35(21-27-9-13-29(67)14-10-27)59-46(76)37(24-65)61-44(74)34(17-18-39(69)70)58-42(72)32(7-4-5-19-51)57-43(73)33(8-6-20-55-50(53)54)56-41(71)31(52)23-64/h9-16,26,31-38,40,64-68H,3-8,17-25,51-52H2,1-2H3,(H,56,71)(H,57,73)(H,58,72)(H,59,76)(H,60,78)(H,61,74)(H,62,75)(H,63,77)(H,69,70)(H,79,80)(H4,53,54,55)/t26-,31-,32-,33-,34-,35-,36-,37-,38-,40-/m0/s1. The van der Waals surface area contributed by atoms with Crippen molar-refractivity contribution in [3.05, 3.63) is 59.7 Å². The van der Waals surface area contributed by atoms with Crippen LogP contribution in [-0.2, 0) is 60.8 Å². The van der Waals surface area contributed by atoms with Crippen LogP contribution in [0.15, 0.2) is 53.5 Å². The maximum atomic E-state index is 14.1. The monoisotopic (exact) mass is 1130 g/mol. The lowest BCUT2D eigenvalue weighted by Gasteiger charge is -2.28. The summed E-state index contributed by atoms with van der Waals surface area (Å²) >= 11 is 0. The van der Waals surface area contributed by atoms with Gasteiger partial charge in [0.2, 0.25) is 47.3 Å². The largest absolute Gasteiger partial charge is 0.508 e. The number of benzene rings is 2. The predicted molar refractivity (Wildman–Crippen MR) is 285 cm³/mol. The molecule has 2 aromatic carbocycles. The van der Waals surface area contributed by atoms with Crippen molar-refractivity contribution in [2.24, 2.45) is 33.8 Å². The summed E-state index contributed by atoms with van der Waals surface area (Å²) in [6.07, 6.45) is -1.08. The van der Waals surface area contributed by atoms with Gasteiger partial charge in [0.1, 0.15) is 65.9 Å². The van der Waals surface area contributed by atoms with Gasteiger partial charge in [-0.2, -0.15) is 0 Å². The minimum absolute atomic E-state index is 0.0325. The molecule has 2 aromatic rings. The molecule has 0 saturated heterocycles. The molecular formula is C50H77N13O17. The number of hydrogen-bond acceptors (Lipinski definition) is 18. The lowest BCUT2D eigenvalue weighted by molar-refractivity contribution is -0.142. The van der Waals surface area contributed by atoms with Crippen LogP contribution in [0, 0.1) is 5.92 Å². The number of rotatable bonds is 37. The summed E-state index contributed by atoms with van der Waals surface area (Å²) < 4.78 is 0. The maximum absolute atomic E-state index is 14.1. The number of carboxylic acids is 2. The zero-order chi connectivity index (χ0) is 60.1. The topological polar surface area (TPSA) is 525 Å². The second-order valence-corrected chi connectivity index (χ2v) is 18.7. The summed E-state index contributed by atoms with van der Waals surface area (Å²) in [7, 11) is 0. The van der Waals surface area contributed by atoms with Gasteiger partial charge in [0.05, 0.1) is 19.8 Å². The Morgan fingerprint density at radius 3 is 1.35 bits per heavy atom. The molecule has 0 aliphatic carbocycles. The van der Waals surface area contributed by atoms with Crippen molar-refractivity contribution in [2.45, 2.75) is 132 Å². The van der Waals surface area contributed by atoms with E-state index in [0.29, 0.717) is 17.5 Å². The lowest BCUT2D eigenvalue weighted by Crippen LogP contribution is -2.62. The van der Waals surface area contributed by atoms with E-state index < -0.39 is 152 Å². The number of amides is 8. The van der Waals surface area contributed by atoms with Gasteiger partial charge in [-0.1, -0.05) is 44.5 Å². The zero-order valence-corrected chi connectivity index (χ0v) is 44.5. The van der Waals surface area contributed by atoms with Crippen LogP contribution in [0.5, 0.6) is 11.5 Å². The van der Waals surface area contributed by atoms with Crippen LogP contribution >= 0.6 is 0 Å². The summed E-state index contributed by atoms with van der Waals surface area (Å²) in [5.74, 6) is -12.4. The Hall–Kier alpha value is -8.19. The van der Waals surface area contributed by atoms with Crippen molar-refractivity contribution >= 4 is 65.2 Å². The number of aliphatic hydroxyl groups excluding tert-OH is 3. The first-order chi connectivity index (χ1) is 37.9. The Kier molecular flexibility index (Phi) is 30.0. The van der Waals surface area contributed by atoms with Gasteiger partial charge in [-0.3, -0.25) is 48.1 Å². The number of aliphatic hydroxyl groups is 3. The smallest absolute Gasteiger partial charge is 0.326 e. The van der Waals surface area contributed by atoms with Gasteiger partial charge in [-0.15, -0.1) is 0 Å². The van der Waals surface area contributed by atoms with Gasteiger partial charge in [0.25, 0.3) is 0 Å². The molecule has 80 heavy (non-hydrogen) atoms. The molecule has 0 heterocycles. The number of carbonyl (C=O) groups excluding carboxylic acids is 8. The summed E-state index contributed by atoms with van der Waals surface area (Å²) in [6, 6.07) is -3.46. The van der Waals surface area contributed by atoms with Crippen LogP contribution in [0.3, 0.4) is 0 Å². The number of phenols is 2. The predicted octanol–water partition coefficient (Wildman–Crippen LogP) is -5.76. The number of nitrogens with zero attached hydrogens (tertiary/aromatic N) is 1. The number of phenolic OH excluding ortho intramolecular Hbond substituents is 2. The van der Waals surface area contributed by atoms with Crippen molar-refractivity contribution in [2.75, 3.05) is 32.9 Å². The fourth-order valence-corrected chi connectivity index (χ4v) is 7.54. The number of aromatic hydroxyl groups is 2. The third kappa shape index (κ3) is 24.2. The number of carboxylic acid groups (broad SMARTS) is 2. The van der Waals surface area contributed by atoms with Gasteiger partial charge < -0.3 is 101 Å². The fourth-order valence-electron chi connectivity index (χ4n) is 7.54. The normalized spacial score (nSPS) is 14.7. The maximum Gasteiger partial charge on any atom is 0.326 e. The van der Waals surface area contributed by atoms with E-state index in [9.17, 15) is 83.7 Å². The molecule has 0 bridgehead atoms. The molecule has 30 heteroatoms. The molecule has 30 nitrogen and oxygen atoms in total. The van der Waals surface area contributed by atoms with Gasteiger partial charge in [0, 0.05) is 25.8 Å². The molecule has 0 radical (unpaired) electrons. The summed E-state index contributed by atoms with van der Waals surface area (Å²) in [5, 5.41) is 88.2. The molecule has 23 N–H and O–H groups in total. The SMILES string of the molecule is CC[C@H](C)[C@H](NC(=O)[C@H](CO)NC(=O)[C@H](Cc1ccc(O)cc1)NC(=O)[C@H](CO)NC(=O)[C@H](CCC(=O)O)NC(=O)[C@H](CCCCN)NC(=O)[C@H](CCCN=C(N)N)NC(=O)[C@@H](N)CO)C(=O)N[C@@H](Cc1ccc(O)cc1)C(=O)O. The molecule has 0 spiro atoms. The third-order valence-electron chi connectivity index (χ3n) is 12.4. The number of hydrogen-bond donors (Lipinski definition) is 19. The highest BCUT2D eigenvalue weighted by Gasteiger charge is 2.36. The van der Waals surface area contributed by atoms with Crippen LogP contribution in [0.25, 0.3) is 0 Å². The Labute approximate surface area is 460 Å².